The lowest BCUT2D eigenvalue weighted by Crippen LogP contribution is -2.35. The molecule has 0 radical (unpaired) electrons. The second kappa shape index (κ2) is 11.6. The van der Waals surface area contributed by atoms with Crippen molar-refractivity contribution in [1.29, 1.82) is 0 Å². The van der Waals surface area contributed by atoms with E-state index in [0.717, 1.165) is 18.4 Å². The third-order valence-corrected chi connectivity index (χ3v) is 4.27. The first kappa shape index (κ1) is 22.9. The minimum atomic E-state index is -0.991. The van der Waals surface area contributed by atoms with Crippen LogP contribution in [0.25, 0.3) is 0 Å². The predicted molar refractivity (Wildman–Crippen MR) is 115 cm³/mol. The normalized spacial score (nSPS) is 11.3. The first-order valence-electron chi connectivity index (χ1n) is 9.97. The number of amides is 2. The van der Waals surface area contributed by atoms with Crippen molar-refractivity contribution >= 4 is 23.5 Å². The number of benzene rings is 2. The smallest absolute Gasteiger partial charge is 0.326 e. The number of aryl methyl sites for hydroxylation is 1. The molecule has 0 heterocycles. The third-order valence-electron chi connectivity index (χ3n) is 4.27. The zero-order valence-electron chi connectivity index (χ0n) is 17.6. The van der Waals surface area contributed by atoms with Gasteiger partial charge < -0.3 is 20.1 Å². The number of esters is 1. The fourth-order valence-corrected chi connectivity index (χ4v) is 2.46. The molecule has 0 spiro atoms. The average Bonchev–Trinajstić information content (AvgIpc) is 2.74. The number of carbonyl (C=O) groups is 3. The summed E-state index contributed by atoms with van der Waals surface area (Å²) >= 11 is 0. The number of unbranched alkanes of at least 4 members (excludes halogenated alkanes) is 1. The molecule has 2 aromatic rings. The standard InChI is InChI=1S/C23H28N2O5/c1-4-5-14-29-20-12-8-18(9-13-20)23(28)24-15-21(26)30-17(3)22(27)25-19-10-6-16(2)7-11-19/h6-13,17H,4-5,14-15H2,1-3H3,(H,24,28)(H,25,27)/t17-/m1/s1. The molecule has 160 valence electrons. The van der Waals surface area contributed by atoms with Crippen LogP contribution in [0.3, 0.4) is 0 Å². The number of anilines is 1. The topological polar surface area (TPSA) is 93.7 Å². The number of ether oxygens (including phenoxy) is 2. The van der Waals surface area contributed by atoms with Gasteiger partial charge in [-0.2, -0.15) is 0 Å². The quantitative estimate of drug-likeness (QED) is 0.460. The summed E-state index contributed by atoms with van der Waals surface area (Å²) in [4.78, 5) is 36.3. The molecule has 30 heavy (non-hydrogen) atoms. The average molecular weight is 412 g/mol. The van der Waals surface area contributed by atoms with Crippen LogP contribution in [0.2, 0.25) is 0 Å². The van der Waals surface area contributed by atoms with E-state index in [-0.39, 0.29) is 6.54 Å². The number of hydrogen-bond acceptors (Lipinski definition) is 5. The Bertz CT molecular complexity index is 847. The second-order valence-corrected chi connectivity index (χ2v) is 6.90. The van der Waals surface area contributed by atoms with Crippen molar-refractivity contribution in [2.75, 3.05) is 18.5 Å². The molecule has 0 saturated carbocycles. The Balaban J connectivity index is 1.75. The molecule has 7 heteroatoms. The molecular formula is C23H28N2O5. The summed E-state index contributed by atoms with van der Waals surface area (Å²) in [5.74, 6) is -0.872. The molecule has 2 amide bonds. The van der Waals surface area contributed by atoms with Crippen molar-refractivity contribution in [3.8, 4) is 5.75 Å². The molecule has 2 aromatic carbocycles. The van der Waals surface area contributed by atoms with Gasteiger partial charge in [-0.1, -0.05) is 31.0 Å². The predicted octanol–water partition coefficient (Wildman–Crippen LogP) is 3.47. The minimum absolute atomic E-state index is 0.338. The molecule has 1 atom stereocenters. The van der Waals surface area contributed by atoms with Crippen LogP contribution in [-0.4, -0.2) is 37.0 Å². The van der Waals surface area contributed by atoms with Crippen LogP contribution in [-0.2, 0) is 14.3 Å². The van der Waals surface area contributed by atoms with Crippen LogP contribution < -0.4 is 15.4 Å². The van der Waals surface area contributed by atoms with Gasteiger partial charge in [0.2, 0.25) is 0 Å². The third kappa shape index (κ3) is 7.58. The molecule has 0 aromatic heterocycles. The summed E-state index contributed by atoms with van der Waals surface area (Å²) in [5.41, 5.74) is 2.08. The van der Waals surface area contributed by atoms with Crippen LogP contribution in [0.1, 0.15) is 42.6 Å². The molecule has 0 aliphatic rings. The van der Waals surface area contributed by atoms with Crippen molar-refractivity contribution in [3.05, 3.63) is 59.7 Å². The van der Waals surface area contributed by atoms with Crippen LogP contribution in [0.5, 0.6) is 5.75 Å². The van der Waals surface area contributed by atoms with Gasteiger partial charge in [-0.05, 0) is 56.7 Å². The molecule has 0 saturated heterocycles. The maximum Gasteiger partial charge on any atom is 0.326 e. The highest BCUT2D eigenvalue weighted by Gasteiger charge is 2.18. The molecule has 2 N–H and O–H groups in total. The molecule has 0 unspecified atom stereocenters. The summed E-state index contributed by atoms with van der Waals surface area (Å²) in [6.45, 7) is 5.79. The lowest BCUT2D eigenvalue weighted by molar-refractivity contribution is -0.152. The minimum Gasteiger partial charge on any atom is -0.494 e. The maximum absolute atomic E-state index is 12.2. The van der Waals surface area contributed by atoms with E-state index in [1.54, 1.807) is 36.4 Å². The van der Waals surface area contributed by atoms with Crippen molar-refractivity contribution < 1.29 is 23.9 Å². The fraction of sp³-hybridized carbons (Fsp3) is 0.348. The number of carbonyl (C=O) groups excluding carboxylic acids is 3. The zero-order valence-corrected chi connectivity index (χ0v) is 17.6. The van der Waals surface area contributed by atoms with E-state index < -0.39 is 23.9 Å². The Kier molecular flexibility index (Phi) is 8.87. The summed E-state index contributed by atoms with van der Waals surface area (Å²) < 4.78 is 10.6. The first-order chi connectivity index (χ1) is 14.4. The molecular weight excluding hydrogens is 384 g/mol. The van der Waals surface area contributed by atoms with Gasteiger partial charge in [-0.25, -0.2) is 0 Å². The molecule has 0 aliphatic carbocycles. The molecule has 0 aliphatic heterocycles. The largest absolute Gasteiger partial charge is 0.494 e. The summed E-state index contributed by atoms with van der Waals surface area (Å²) in [6, 6.07) is 13.9. The maximum atomic E-state index is 12.2. The lowest BCUT2D eigenvalue weighted by atomic mass is 10.2. The second-order valence-electron chi connectivity index (χ2n) is 6.90. The molecule has 0 fully saturated rings. The highest BCUT2D eigenvalue weighted by atomic mass is 16.5. The van der Waals surface area contributed by atoms with Gasteiger partial charge in [0.15, 0.2) is 6.10 Å². The van der Waals surface area contributed by atoms with Gasteiger partial charge in [0.25, 0.3) is 11.8 Å². The van der Waals surface area contributed by atoms with Gasteiger partial charge in [0.05, 0.1) is 6.61 Å². The van der Waals surface area contributed by atoms with Gasteiger partial charge in [-0.15, -0.1) is 0 Å². The fourth-order valence-electron chi connectivity index (χ4n) is 2.46. The van der Waals surface area contributed by atoms with E-state index in [0.29, 0.717) is 23.6 Å². The number of nitrogens with one attached hydrogen (secondary N) is 2. The molecule has 2 rings (SSSR count). The van der Waals surface area contributed by atoms with E-state index in [1.165, 1.54) is 6.92 Å². The first-order valence-corrected chi connectivity index (χ1v) is 9.97. The van der Waals surface area contributed by atoms with Gasteiger partial charge >= 0.3 is 5.97 Å². The lowest BCUT2D eigenvalue weighted by Gasteiger charge is -2.14. The highest BCUT2D eigenvalue weighted by Crippen LogP contribution is 2.13. The van der Waals surface area contributed by atoms with Crippen molar-refractivity contribution in [2.24, 2.45) is 0 Å². The summed E-state index contributed by atoms with van der Waals surface area (Å²) in [6.07, 6.45) is 1.02. The van der Waals surface area contributed by atoms with Crippen molar-refractivity contribution in [1.82, 2.24) is 5.32 Å². The Morgan fingerprint density at radius 1 is 1.00 bits per heavy atom. The van der Waals surface area contributed by atoms with E-state index in [2.05, 4.69) is 17.6 Å². The van der Waals surface area contributed by atoms with E-state index in [1.807, 2.05) is 19.1 Å². The van der Waals surface area contributed by atoms with Crippen molar-refractivity contribution in [2.45, 2.75) is 39.7 Å². The van der Waals surface area contributed by atoms with E-state index in [9.17, 15) is 14.4 Å². The van der Waals surface area contributed by atoms with Crippen LogP contribution in [0, 0.1) is 6.92 Å². The summed E-state index contributed by atoms with van der Waals surface area (Å²) in [5, 5.41) is 5.16. The van der Waals surface area contributed by atoms with Gasteiger partial charge in [-0.3, -0.25) is 14.4 Å². The van der Waals surface area contributed by atoms with E-state index >= 15 is 0 Å². The SMILES string of the molecule is CCCCOc1ccc(C(=O)NCC(=O)O[C@H](C)C(=O)Nc2ccc(C)cc2)cc1. The van der Waals surface area contributed by atoms with E-state index in [4.69, 9.17) is 9.47 Å². The van der Waals surface area contributed by atoms with Gasteiger partial charge in [0, 0.05) is 11.3 Å². The zero-order chi connectivity index (χ0) is 21.9. The monoisotopic (exact) mass is 412 g/mol. The Hall–Kier alpha value is -3.35. The number of hydrogen-bond donors (Lipinski definition) is 2. The van der Waals surface area contributed by atoms with Crippen molar-refractivity contribution in [3.63, 3.8) is 0 Å². The van der Waals surface area contributed by atoms with Crippen LogP contribution >= 0.6 is 0 Å². The Labute approximate surface area is 176 Å². The Morgan fingerprint density at radius 3 is 2.30 bits per heavy atom. The van der Waals surface area contributed by atoms with Gasteiger partial charge in [0.1, 0.15) is 12.3 Å². The summed E-state index contributed by atoms with van der Waals surface area (Å²) in [7, 11) is 0. The Morgan fingerprint density at radius 2 is 1.67 bits per heavy atom. The molecule has 7 nitrogen and oxygen atoms in total. The number of rotatable bonds is 10. The molecule has 0 bridgehead atoms. The highest BCUT2D eigenvalue weighted by molar-refractivity contribution is 5.97. The van der Waals surface area contributed by atoms with Crippen LogP contribution in [0.4, 0.5) is 5.69 Å². The van der Waals surface area contributed by atoms with Crippen LogP contribution in [0.15, 0.2) is 48.5 Å².